The summed E-state index contributed by atoms with van der Waals surface area (Å²) < 4.78 is 0. The first-order valence-corrected chi connectivity index (χ1v) is 11.4. The lowest BCUT2D eigenvalue weighted by molar-refractivity contribution is -0.127. The van der Waals surface area contributed by atoms with Crippen LogP contribution in [-0.2, 0) is 9.59 Å². The highest BCUT2D eigenvalue weighted by Gasteiger charge is 2.23. The number of hydrogen-bond donors (Lipinski definition) is 2. The lowest BCUT2D eigenvalue weighted by atomic mass is 10.0. The van der Waals surface area contributed by atoms with Gasteiger partial charge in [0.25, 0.3) is 5.91 Å². The predicted octanol–water partition coefficient (Wildman–Crippen LogP) is 5.09. The van der Waals surface area contributed by atoms with Crippen LogP contribution in [0.5, 0.6) is 0 Å². The van der Waals surface area contributed by atoms with Crippen molar-refractivity contribution in [2.24, 2.45) is 5.92 Å². The number of nitrogens with zero attached hydrogens (tertiary/aromatic N) is 2. The van der Waals surface area contributed by atoms with Crippen molar-refractivity contribution in [3.05, 3.63) is 77.6 Å². The van der Waals surface area contributed by atoms with Crippen molar-refractivity contribution in [3.8, 4) is 0 Å². The van der Waals surface area contributed by atoms with E-state index >= 15 is 0 Å². The maximum Gasteiger partial charge on any atom is 0.251 e. The quantitative estimate of drug-likeness (QED) is 0.469. The van der Waals surface area contributed by atoms with Crippen LogP contribution in [0, 0.1) is 19.8 Å². The Morgan fingerprint density at radius 2 is 1.56 bits per heavy atom. The minimum absolute atomic E-state index is 0.149. The van der Waals surface area contributed by atoms with E-state index in [0.29, 0.717) is 17.3 Å². The monoisotopic (exact) mass is 448 g/mol. The van der Waals surface area contributed by atoms with E-state index < -0.39 is 6.04 Å². The summed E-state index contributed by atoms with van der Waals surface area (Å²) in [6.07, 6.45) is 0.364. The molecule has 1 unspecified atom stereocenters. The zero-order valence-corrected chi connectivity index (χ0v) is 19.6. The molecule has 1 heterocycles. The Balaban J connectivity index is 1.70. The third kappa shape index (κ3) is 6.92. The van der Waals surface area contributed by atoms with Gasteiger partial charge >= 0.3 is 0 Å². The standard InChI is InChI=1S/C25H28N4O2S/c1-16(2)14-22(30)29-23(19-8-6-5-7-9-19)24(31)28-20-10-12-21(13-11-20)32-25-26-17(3)15-18(4)27-25/h5-13,15-16,23H,14H2,1-4H3,(H,28,31)(H,29,30). The molecule has 0 saturated carbocycles. The maximum atomic E-state index is 13.0. The normalized spacial score (nSPS) is 11.8. The summed E-state index contributed by atoms with van der Waals surface area (Å²) in [5.41, 5.74) is 3.24. The summed E-state index contributed by atoms with van der Waals surface area (Å²) in [6, 6.07) is 17.9. The van der Waals surface area contributed by atoms with Crippen LogP contribution in [-0.4, -0.2) is 21.8 Å². The number of nitrogens with one attached hydrogen (secondary N) is 2. The van der Waals surface area contributed by atoms with Crippen molar-refractivity contribution in [3.63, 3.8) is 0 Å². The third-order valence-corrected chi connectivity index (χ3v) is 5.46. The topological polar surface area (TPSA) is 84.0 Å². The molecule has 3 aromatic rings. The van der Waals surface area contributed by atoms with Crippen LogP contribution < -0.4 is 10.6 Å². The highest BCUT2D eigenvalue weighted by molar-refractivity contribution is 7.99. The molecule has 1 atom stereocenters. The number of anilines is 1. The van der Waals surface area contributed by atoms with E-state index in [1.165, 1.54) is 11.8 Å². The molecular weight excluding hydrogens is 420 g/mol. The summed E-state index contributed by atoms with van der Waals surface area (Å²) in [4.78, 5) is 35.3. The van der Waals surface area contributed by atoms with Gasteiger partial charge in [-0.05, 0) is 67.4 Å². The molecule has 2 N–H and O–H groups in total. The molecule has 2 aromatic carbocycles. The summed E-state index contributed by atoms with van der Waals surface area (Å²) in [6.45, 7) is 7.83. The minimum atomic E-state index is -0.764. The molecule has 0 aliphatic rings. The van der Waals surface area contributed by atoms with E-state index in [1.54, 1.807) is 0 Å². The number of hydrogen-bond acceptors (Lipinski definition) is 5. The number of carbonyl (C=O) groups is 2. The SMILES string of the molecule is Cc1cc(C)nc(Sc2ccc(NC(=O)C(NC(=O)CC(C)C)c3ccccc3)cc2)n1. The molecule has 0 spiro atoms. The molecule has 0 fully saturated rings. The first-order valence-electron chi connectivity index (χ1n) is 10.6. The third-order valence-electron chi connectivity index (χ3n) is 4.59. The number of aryl methyl sites for hydroxylation is 2. The average Bonchev–Trinajstić information content (AvgIpc) is 2.73. The fourth-order valence-corrected chi connectivity index (χ4v) is 4.06. The lowest BCUT2D eigenvalue weighted by Gasteiger charge is -2.19. The van der Waals surface area contributed by atoms with Crippen LogP contribution in [0.25, 0.3) is 0 Å². The second-order valence-corrected chi connectivity index (χ2v) is 9.10. The van der Waals surface area contributed by atoms with Gasteiger partial charge in [-0.25, -0.2) is 9.97 Å². The zero-order valence-electron chi connectivity index (χ0n) is 18.8. The van der Waals surface area contributed by atoms with Gasteiger partial charge in [-0.3, -0.25) is 9.59 Å². The Kier molecular flexibility index (Phi) is 8.00. The van der Waals surface area contributed by atoms with Crippen LogP contribution in [0.3, 0.4) is 0 Å². The van der Waals surface area contributed by atoms with Gasteiger partial charge in [0.2, 0.25) is 5.91 Å². The molecule has 0 saturated heterocycles. The highest BCUT2D eigenvalue weighted by atomic mass is 32.2. The molecule has 7 heteroatoms. The predicted molar refractivity (Wildman–Crippen MR) is 127 cm³/mol. The van der Waals surface area contributed by atoms with Gasteiger partial charge in [-0.15, -0.1) is 0 Å². The number of carbonyl (C=O) groups excluding carboxylic acids is 2. The van der Waals surface area contributed by atoms with Crippen LogP contribution in [0.15, 0.2) is 70.7 Å². The minimum Gasteiger partial charge on any atom is -0.341 e. The van der Waals surface area contributed by atoms with Crippen LogP contribution >= 0.6 is 11.8 Å². The van der Waals surface area contributed by atoms with Crippen molar-refractivity contribution < 1.29 is 9.59 Å². The van der Waals surface area contributed by atoms with Crippen molar-refractivity contribution in [2.75, 3.05) is 5.32 Å². The Morgan fingerprint density at radius 3 is 2.16 bits per heavy atom. The molecule has 6 nitrogen and oxygen atoms in total. The van der Waals surface area contributed by atoms with E-state index in [2.05, 4.69) is 20.6 Å². The van der Waals surface area contributed by atoms with E-state index in [4.69, 9.17) is 0 Å². The molecular formula is C25H28N4O2S. The Bertz CT molecular complexity index is 1050. The van der Waals surface area contributed by atoms with Gasteiger partial charge in [0.15, 0.2) is 5.16 Å². The van der Waals surface area contributed by atoms with Crippen LogP contribution in [0.4, 0.5) is 5.69 Å². The van der Waals surface area contributed by atoms with E-state index in [9.17, 15) is 9.59 Å². The number of benzene rings is 2. The van der Waals surface area contributed by atoms with Gasteiger partial charge < -0.3 is 10.6 Å². The van der Waals surface area contributed by atoms with E-state index in [1.807, 2.05) is 88.4 Å². The molecule has 0 aliphatic carbocycles. The summed E-state index contributed by atoms with van der Waals surface area (Å²) in [7, 11) is 0. The molecule has 0 radical (unpaired) electrons. The molecule has 0 aliphatic heterocycles. The first kappa shape index (κ1) is 23.5. The lowest BCUT2D eigenvalue weighted by Crippen LogP contribution is -2.37. The van der Waals surface area contributed by atoms with Gasteiger partial charge in [0.1, 0.15) is 6.04 Å². The van der Waals surface area contributed by atoms with Crippen molar-refractivity contribution in [1.82, 2.24) is 15.3 Å². The Morgan fingerprint density at radius 1 is 0.938 bits per heavy atom. The number of rotatable bonds is 8. The smallest absolute Gasteiger partial charge is 0.251 e. The second kappa shape index (κ2) is 10.9. The maximum absolute atomic E-state index is 13.0. The van der Waals surface area contributed by atoms with Gasteiger partial charge in [0.05, 0.1) is 0 Å². The number of amides is 2. The van der Waals surface area contributed by atoms with E-state index in [0.717, 1.165) is 21.8 Å². The van der Waals surface area contributed by atoms with Gasteiger partial charge in [-0.2, -0.15) is 0 Å². The Hall–Kier alpha value is -3.19. The average molecular weight is 449 g/mol. The molecule has 32 heavy (non-hydrogen) atoms. The van der Waals surface area contributed by atoms with Crippen LogP contribution in [0.2, 0.25) is 0 Å². The summed E-state index contributed by atoms with van der Waals surface area (Å²) in [5.74, 6) is -0.226. The summed E-state index contributed by atoms with van der Waals surface area (Å²) in [5, 5.41) is 6.47. The number of aromatic nitrogens is 2. The van der Waals surface area contributed by atoms with Crippen molar-refractivity contribution in [2.45, 2.75) is 50.2 Å². The molecule has 166 valence electrons. The Labute approximate surface area is 193 Å². The van der Waals surface area contributed by atoms with Gasteiger partial charge in [-0.1, -0.05) is 44.2 Å². The van der Waals surface area contributed by atoms with Gasteiger partial charge in [0, 0.05) is 28.4 Å². The molecule has 1 aromatic heterocycles. The van der Waals surface area contributed by atoms with E-state index in [-0.39, 0.29) is 17.7 Å². The molecule has 3 rings (SSSR count). The first-order chi connectivity index (χ1) is 15.3. The van der Waals surface area contributed by atoms with Crippen molar-refractivity contribution in [1.29, 1.82) is 0 Å². The highest BCUT2D eigenvalue weighted by Crippen LogP contribution is 2.26. The van der Waals surface area contributed by atoms with Crippen molar-refractivity contribution >= 4 is 29.3 Å². The fourth-order valence-electron chi connectivity index (χ4n) is 3.20. The fraction of sp³-hybridized carbons (Fsp3) is 0.280. The summed E-state index contributed by atoms with van der Waals surface area (Å²) >= 11 is 1.47. The largest absolute Gasteiger partial charge is 0.341 e. The molecule has 2 amide bonds. The van der Waals surface area contributed by atoms with Crippen LogP contribution in [0.1, 0.15) is 43.3 Å². The second-order valence-electron chi connectivity index (χ2n) is 8.06. The molecule has 0 bridgehead atoms. The zero-order chi connectivity index (χ0) is 23.1.